The van der Waals surface area contributed by atoms with Crippen molar-refractivity contribution in [2.45, 2.75) is 45.3 Å². The number of ether oxygens (including phenoxy) is 1. The molecule has 2 heterocycles. The fraction of sp³-hybridized carbons (Fsp3) is 0.292. The summed E-state index contributed by atoms with van der Waals surface area (Å²) >= 11 is 18.3. The average Bonchev–Trinajstić information content (AvgIpc) is 3.40. The predicted octanol–water partition coefficient (Wildman–Crippen LogP) is 4.85. The van der Waals surface area contributed by atoms with Gasteiger partial charge in [-0.3, -0.25) is 9.36 Å². The molecule has 0 bridgehead atoms. The number of benzene rings is 2. The molecule has 2 aromatic heterocycles. The first kappa shape index (κ1) is 29.6. The topological polar surface area (TPSA) is 117 Å². The standard InChI is InChI=1S/C24H20Cl3F3N6O4/c1-12(40-13(2)37)21-31-20(32-36(21)18-8-7-16(26)9-17(18)27)11-35-23(39)34(10-19(38)24(28,29)30)22(33-35)14-3-5-15(25)6-4-14/h3-9,12,19,38H,10-11H2,1-2H3. The van der Waals surface area contributed by atoms with Crippen molar-refractivity contribution in [2.24, 2.45) is 0 Å². The second kappa shape index (κ2) is 11.6. The molecule has 0 amide bonds. The van der Waals surface area contributed by atoms with Crippen LogP contribution in [0.5, 0.6) is 0 Å². The summed E-state index contributed by atoms with van der Waals surface area (Å²) < 4.78 is 47.6. The summed E-state index contributed by atoms with van der Waals surface area (Å²) in [6.07, 6.45) is -8.69. The number of rotatable bonds is 8. The normalized spacial score (nSPS) is 13.3. The number of aliphatic hydroxyl groups is 1. The average molecular weight is 620 g/mol. The van der Waals surface area contributed by atoms with E-state index in [0.717, 1.165) is 4.68 Å². The van der Waals surface area contributed by atoms with Crippen LogP contribution in [0.4, 0.5) is 13.2 Å². The van der Waals surface area contributed by atoms with E-state index in [1.54, 1.807) is 19.1 Å². The molecule has 0 radical (unpaired) electrons. The van der Waals surface area contributed by atoms with Crippen LogP contribution in [0.3, 0.4) is 0 Å². The summed E-state index contributed by atoms with van der Waals surface area (Å²) in [5.74, 6) is -0.576. The van der Waals surface area contributed by atoms with Gasteiger partial charge < -0.3 is 9.84 Å². The minimum atomic E-state index is -4.97. The Bertz CT molecular complexity index is 1600. The van der Waals surface area contributed by atoms with E-state index in [9.17, 15) is 27.9 Å². The molecule has 0 aliphatic carbocycles. The second-order valence-corrected chi connectivity index (χ2v) is 9.86. The van der Waals surface area contributed by atoms with Gasteiger partial charge in [0.05, 0.1) is 17.3 Å². The van der Waals surface area contributed by atoms with Crippen LogP contribution in [0, 0.1) is 0 Å². The maximum absolute atomic E-state index is 13.2. The van der Waals surface area contributed by atoms with Crippen molar-refractivity contribution in [1.82, 2.24) is 29.1 Å². The largest absolute Gasteiger partial charge is 0.455 e. The SMILES string of the molecule is CC(=O)OC(C)c1nc(Cn2nc(-c3ccc(Cl)cc3)n(CC(O)C(F)(F)F)c2=O)nn1-c1ccc(Cl)cc1Cl. The lowest BCUT2D eigenvalue weighted by Gasteiger charge is -2.15. The maximum atomic E-state index is 13.2. The molecule has 16 heteroatoms. The number of carbonyl (C=O) groups excluding carboxylic acids is 1. The third-order valence-corrected chi connectivity index (χ3v) is 6.36. The molecule has 0 saturated carbocycles. The van der Waals surface area contributed by atoms with Gasteiger partial charge in [0, 0.05) is 22.5 Å². The van der Waals surface area contributed by atoms with E-state index in [1.807, 2.05) is 0 Å². The smallest absolute Gasteiger partial charge is 0.416 e. The molecule has 40 heavy (non-hydrogen) atoms. The van der Waals surface area contributed by atoms with Crippen LogP contribution in [0.2, 0.25) is 15.1 Å². The lowest BCUT2D eigenvalue weighted by Crippen LogP contribution is -2.37. The molecule has 2 atom stereocenters. The van der Waals surface area contributed by atoms with E-state index in [4.69, 9.17) is 39.5 Å². The summed E-state index contributed by atoms with van der Waals surface area (Å²) in [6.45, 7) is 1.28. The minimum absolute atomic E-state index is 0.00537. The van der Waals surface area contributed by atoms with Gasteiger partial charge in [-0.15, -0.1) is 10.2 Å². The van der Waals surface area contributed by atoms with E-state index in [-0.39, 0.29) is 34.6 Å². The number of nitrogens with zero attached hydrogens (tertiary/aromatic N) is 6. The highest BCUT2D eigenvalue weighted by molar-refractivity contribution is 6.35. The van der Waals surface area contributed by atoms with Crippen molar-refractivity contribution in [1.29, 1.82) is 0 Å². The molecule has 2 unspecified atom stereocenters. The maximum Gasteiger partial charge on any atom is 0.416 e. The van der Waals surface area contributed by atoms with Crippen LogP contribution in [-0.2, 0) is 22.6 Å². The van der Waals surface area contributed by atoms with E-state index in [2.05, 4.69) is 15.2 Å². The number of carbonyl (C=O) groups is 1. The van der Waals surface area contributed by atoms with E-state index >= 15 is 0 Å². The Morgan fingerprint density at radius 3 is 2.33 bits per heavy atom. The lowest BCUT2D eigenvalue weighted by atomic mass is 10.2. The van der Waals surface area contributed by atoms with Crippen molar-refractivity contribution in [2.75, 3.05) is 0 Å². The van der Waals surface area contributed by atoms with Gasteiger partial charge >= 0.3 is 17.8 Å². The van der Waals surface area contributed by atoms with Crippen molar-refractivity contribution >= 4 is 40.8 Å². The molecule has 2 aromatic carbocycles. The number of alkyl halides is 3. The van der Waals surface area contributed by atoms with Gasteiger partial charge in [0.2, 0.25) is 0 Å². The van der Waals surface area contributed by atoms with Crippen molar-refractivity contribution < 1.29 is 27.8 Å². The Kier molecular flexibility index (Phi) is 8.59. The summed E-state index contributed by atoms with van der Waals surface area (Å²) in [7, 11) is 0. The molecule has 0 aliphatic heterocycles. The summed E-state index contributed by atoms with van der Waals surface area (Å²) in [5, 5.41) is 19.2. The monoisotopic (exact) mass is 618 g/mol. The van der Waals surface area contributed by atoms with Gasteiger partial charge in [0.25, 0.3) is 0 Å². The molecule has 10 nitrogen and oxygen atoms in total. The molecule has 212 valence electrons. The Morgan fingerprint density at radius 2 is 1.73 bits per heavy atom. The number of aromatic nitrogens is 6. The molecule has 4 aromatic rings. The Morgan fingerprint density at radius 1 is 1.07 bits per heavy atom. The molecule has 0 spiro atoms. The zero-order chi connectivity index (χ0) is 29.4. The highest BCUT2D eigenvalue weighted by Crippen LogP contribution is 2.28. The summed E-state index contributed by atoms with van der Waals surface area (Å²) in [4.78, 5) is 29.2. The van der Waals surface area contributed by atoms with Crippen molar-refractivity contribution in [3.63, 3.8) is 0 Å². The molecule has 0 aliphatic rings. The summed E-state index contributed by atoms with van der Waals surface area (Å²) in [5.41, 5.74) is -0.333. The van der Waals surface area contributed by atoms with Crippen LogP contribution in [0.1, 0.15) is 31.6 Å². The molecule has 0 fully saturated rings. The molecular formula is C24H20Cl3F3N6O4. The Balaban J connectivity index is 1.80. The second-order valence-electron chi connectivity index (χ2n) is 8.58. The number of hydrogen-bond donors (Lipinski definition) is 1. The minimum Gasteiger partial charge on any atom is -0.455 e. The van der Waals surface area contributed by atoms with E-state index in [1.165, 1.54) is 41.9 Å². The van der Waals surface area contributed by atoms with E-state index in [0.29, 0.717) is 20.3 Å². The molecular weight excluding hydrogens is 600 g/mol. The third kappa shape index (κ3) is 6.49. The molecule has 4 rings (SSSR count). The first-order chi connectivity index (χ1) is 18.7. The van der Waals surface area contributed by atoms with Gasteiger partial charge in [0.1, 0.15) is 6.54 Å². The quantitative estimate of drug-likeness (QED) is 0.280. The number of halogens is 6. The van der Waals surface area contributed by atoms with Crippen molar-refractivity contribution in [3.8, 4) is 17.1 Å². The fourth-order valence-corrected chi connectivity index (χ4v) is 4.38. The van der Waals surface area contributed by atoms with Crippen LogP contribution in [0.15, 0.2) is 47.3 Å². The predicted molar refractivity (Wildman–Crippen MR) is 140 cm³/mol. The first-order valence-corrected chi connectivity index (χ1v) is 12.6. The number of hydrogen-bond acceptors (Lipinski definition) is 7. The summed E-state index contributed by atoms with van der Waals surface area (Å²) in [6, 6.07) is 10.5. The van der Waals surface area contributed by atoms with Gasteiger partial charge in [-0.05, 0) is 49.4 Å². The highest BCUT2D eigenvalue weighted by atomic mass is 35.5. The lowest BCUT2D eigenvalue weighted by molar-refractivity contribution is -0.207. The fourth-order valence-electron chi connectivity index (χ4n) is 3.76. The van der Waals surface area contributed by atoms with Crippen LogP contribution in [-0.4, -0.2) is 52.5 Å². The zero-order valence-corrected chi connectivity index (χ0v) is 23.0. The highest BCUT2D eigenvalue weighted by Gasteiger charge is 2.39. The Labute approximate surface area is 239 Å². The van der Waals surface area contributed by atoms with Crippen LogP contribution in [0.25, 0.3) is 17.1 Å². The van der Waals surface area contributed by atoms with Crippen LogP contribution >= 0.6 is 34.8 Å². The number of aliphatic hydroxyl groups excluding tert-OH is 1. The molecule has 1 N–H and O–H groups in total. The third-order valence-electron chi connectivity index (χ3n) is 5.57. The van der Waals surface area contributed by atoms with Gasteiger partial charge in [-0.2, -0.15) is 13.2 Å². The van der Waals surface area contributed by atoms with Gasteiger partial charge in [-0.25, -0.2) is 19.1 Å². The van der Waals surface area contributed by atoms with Crippen LogP contribution < -0.4 is 5.69 Å². The Hall–Kier alpha value is -3.39. The van der Waals surface area contributed by atoms with Gasteiger partial charge in [0.15, 0.2) is 29.7 Å². The molecule has 0 saturated heterocycles. The van der Waals surface area contributed by atoms with Gasteiger partial charge in [-0.1, -0.05) is 34.8 Å². The first-order valence-electron chi connectivity index (χ1n) is 11.5. The van der Waals surface area contributed by atoms with Crippen molar-refractivity contribution in [3.05, 3.63) is 79.7 Å². The number of esters is 1. The van der Waals surface area contributed by atoms with E-state index < -0.39 is 36.6 Å². The zero-order valence-electron chi connectivity index (χ0n) is 20.7.